The predicted molar refractivity (Wildman–Crippen MR) is 99.8 cm³/mol. The first-order valence-corrected chi connectivity index (χ1v) is 9.53. The van der Waals surface area contributed by atoms with Crippen LogP contribution in [0, 0.1) is 0 Å². The van der Waals surface area contributed by atoms with Crippen molar-refractivity contribution in [3.8, 4) is 0 Å². The number of nitrogens with one attached hydrogen (secondary N) is 1. The fourth-order valence-corrected chi connectivity index (χ4v) is 4.42. The molecule has 0 radical (unpaired) electrons. The quantitative estimate of drug-likeness (QED) is 0.760. The number of hydrogen-bond donors (Lipinski definition) is 1. The Morgan fingerprint density at radius 1 is 1.36 bits per heavy atom. The summed E-state index contributed by atoms with van der Waals surface area (Å²) >= 11 is 1.68. The molecule has 130 valence electrons. The number of urea groups is 1. The van der Waals surface area contributed by atoms with Crippen LogP contribution >= 0.6 is 11.3 Å². The van der Waals surface area contributed by atoms with Crippen LogP contribution in [0.3, 0.4) is 0 Å². The van der Waals surface area contributed by atoms with Crippen LogP contribution in [0.5, 0.6) is 0 Å². The van der Waals surface area contributed by atoms with Crippen molar-refractivity contribution in [3.63, 3.8) is 0 Å². The van der Waals surface area contributed by atoms with Gasteiger partial charge in [-0.25, -0.2) is 14.5 Å². The zero-order chi connectivity index (χ0) is 17.2. The Morgan fingerprint density at radius 3 is 3.08 bits per heavy atom. The van der Waals surface area contributed by atoms with Crippen LogP contribution in [0.2, 0.25) is 0 Å². The zero-order valence-electron chi connectivity index (χ0n) is 14.2. The molecule has 1 aliphatic heterocycles. The van der Waals surface area contributed by atoms with Crippen molar-refractivity contribution in [1.82, 2.24) is 19.7 Å². The number of carbonyl (C=O) groups is 1. The summed E-state index contributed by atoms with van der Waals surface area (Å²) in [4.78, 5) is 19.5. The number of aromatic nitrogens is 3. The van der Waals surface area contributed by atoms with E-state index in [1.807, 2.05) is 33.8 Å². The summed E-state index contributed by atoms with van der Waals surface area (Å²) < 4.78 is 3.01. The SMILES string of the molecule is CCCn1nccc1NC(=O)N1CCCC1c1nc2ccccc2s1. The number of amides is 2. The highest BCUT2D eigenvalue weighted by Crippen LogP contribution is 2.36. The third-order valence-corrected chi connectivity index (χ3v) is 5.63. The summed E-state index contributed by atoms with van der Waals surface area (Å²) in [6, 6.07) is 9.96. The van der Waals surface area contributed by atoms with E-state index < -0.39 is 0 Å². The summed E-state index contributed by atoms with van der Waals surface area (Å²) in [7, 11) is 0. The first kappa shape index (κ1) is 16.1. The average molecular weight is 355 g/mol. The molecule has 4 rings (SSSR count). The Bertz CT molecular complexity index is 853. The van der Waals surface area contributed by atoms with Gasteiger partial charge in [-0.3, -0.25) is 5.32 Å². The molecule has 1 fully saturated rings. The normalized spacial score (nSPS) is 17.3. The summed E-state index contributed by atoms with van der Waals surface area (Å²) in [6.07, 6.45) is 4.66. The second-order valence-corrected chi connectivity index (χ2v) is 7.30. The Hall–Kier alpha value is -2.41. The van der Waals surface area contributed by atoms with E-state index in [1.165, 1.54) is 4.70 Å². The molecule has 0 spiro atoms. The topological polar surface area (TPSA) is 63.1 Å². The summed E-state index contributed by atoms with van der Waals surface area (Å²) in [5, 5.41) is 8.30. The van der Waals surface area contributed by atoms with Gasteiger partial charge in [-0.05, 0) is 31.4 Å². The summed E-state index contributed by atoms with van der Waals surface area (Å²) in [6.45, 7) is 3.65. The summed E-state index contributed by atoms with van der Waals surface area (Å²) in [5.41, 5.74) is 1.01. The molecule has 7 heteroatoms. The van der Waals surface area contributed by atoms with Gasteiger partial charge in [0.1, 0.15) is 10.8 Å². The fraction of sp³-hybridized carbons (Fsp3) is 0.389. The van der Waals surface area contributed by atoms with Gasteiger partial charge in [0.15, 0.2) is 0 Å². The maximum absolute atomic E-state index is 12.8. The maximum atomic E-state index is 12.8. The Morgan fingerprint density at radius 2 is 2.24 bits per heavy atom. The molecule has 0 bridgehead atoms. The second kappa shape index (κ2) is 6.84. The second-order valence-electron chi connectivity index (χ2n) is 6.24. The molecule has 25 heavy (non-hydrogen) atoms. The lowest BCUT2D eigenvalue weighted by Gasteiger charge is -2.23. The minimum Gasteiger partial charge on any atom is -0.315 e. The molecule has 2 aromatic heterocycles. The van der Waals surface area contributed by atoms with Crippen LogP contribution < -0.4 is 5.32 Å². The number of anilines is 1. The van der Waals surface area contributed by atoms with E-state index in [2.05, 4.69) is 23.4 Å². The number of para-hydroxylation sites is 1. The van der Waals surface area contributed by atoms with E-state index in [4.69, 9.17) is 4.98 Å². The lowest BCUT2D eigenvalue weighted by molar-refractivity contribution is 0.206. The number of likely N-dealkylation sites (tertiary alicyclic amines) is 1. The summed E-state index contributed by atoms with van der Waals surface area (Å²) in [5.74, 6) is 0.752. The average Bonchev–Trinajstić information content (AvgIpc) is 3.34. The molecular formula is C18H21N5OS. The predicted octanol–water partition coefficient (Wildman–Crippen LogP) is 4.27. The molecule has 1 atom stereocenters. The minimum absolute atomic E-state index is 0.0555. The first-order valence-electron chi connectivity index (χ1n) is 8.71. The van der Waals surface area contributed by atoms with Crippen LogP contribution in [0.15, 0.2) is 36.5 Å². The number of hydrogen-bond acceptors (Lipinski definition) is 4. The molecule has 1 aromatic carbocycles. The molecule has 0 saturated carbocycles. The van der Waals surface area contributed by atoms with E-state index in [9.17, 15) is 4.79 Å². The number of aryl methyl sites for hydroxylation is 1. The van der Waals surface area contributed by atoms with E-state index in [-0.39, 0.29) is 12.1 Å². The highest BCUT2D eigenvalue weighted by atomic mass is 32.1. The molecule has 2 amide bonds. The highest BCUT2D eigenvalue weighted by molar-refractivity contribution is 7.18. The van der Waals surface area contributed by atoms with Crippen LogP contribution in [-0.4, -0.2) is 32.2 Å². The Balaban J connectivity index is 1.54. The number of fused-ring (bicyclic) bond motifs is 1. The monoisotopic (exact) mass is 355 g/mol. The molecule has 6 nitrogen and oxygen atoms in total. The van der Waals surface area contributed by atoms with Crippen LogP contribution in [0.25, 0.3) is 10.2 Å². The van der Waals surface area contributed by atoms with Crippen LogP contribution in [-0.2, 0) is 6.54 Å². The van der Waals surface area contributed by atoms with Crippen molar-refractivity contribution in [2.24, 2.45) is 0 Å². The highest BCUT2D eigenvalue weighted by Gasteiger charge is 2.32. The molecule has 3 heterocycles. The van der Waals surface area contributed by atoms with Gasteiger partial charge in [-0.1, -0.05) is 19.1 Å². The van der Waals surface area contributed by atoms with Gasteiger partial charge in [0.05, 0.1) is 22.5 Å². The lowest BCUT2D eigenvalue weighted by Crippen LogP contribution is -2.35. The number of rotatable bonds is 4. The van der Waals surface area contributed by atoms with Crippen molar-refractivity contribution in [1.29, 1.82) is 0 Å². The molecule has 1 N–H and O–H groups in total. The molecule has 0 aliphatic carbocycles. The third-order valence-electron chi connectivity index (χ3n) is 4.50. The number of thiazole rings is 1. The van der Waals surface area contributed by atoms with Gasteiger partial charge in [0.25, 0.3) is 0 Å². The van der Waals surface area contributed by atoms with Gasteiger partial charge < -0.3 is 4.90 Å². The molecule has 1 unspecified atom stereocenters. The largest absolute Gasteiger partial charge is 0.323 e. The third kappa shape index (κ3) is 3.11. The Kier molecular flexibility index (Phi) is 4.40. The fourth-order valence-electron chi connectivity index (χ4n) is 3.31. The minimum atomic E-state index is -0.0698. The van der Waals surface area contributed by atoms with Crippen molar-refractivity contribution in [2.75, 3.05) is 11.9 Å². The van der Waals surface area contributed by atoms with Crippen molar-refractivity contribution < 1.29 is 4.79 Å². The van der Waals surface area contributed by atoms with Crippen LogP contribution in [0.4, 0.5) is 10.6 Å². The van der Waals surface area contributed by atoms with E-state index in [0.717, 1.165) is 48.7 Å². The van der Waals surface area contributed by atoms with E-state index in [1.54, 1.807) is 17.5 Å². The van der Waals surface area contributed by atoms with Gasteiger partial charge >= 0.3 is 6.03 Å². The standard InChI is InChI=1S/C18H21N5OS/c1-2-11-23-16(9-10-19-23)21-18(24)22-12-5-7-14(22)17-20-13-6-3-4-8-15(13)25-17/h3-4,6,8-10,14H,2,5,7,11-12H2,1H3,(H,21,24). The number of nitrogens with zero attached hydrogens (tertiary/aromatic N) is 4. The van der Waals surface area contributed by atoms with Gasteiger partial charge in [0, 0.05) is 19.2 Å². The maximum Gasteiger partial charge on any atom is 0.323 e. The smallest absolute Gasteiger partial charge is 0.315 e. The molecule has 1 aliphatic rings. The lowest BCUT2D eigenvalue weighted by atomic mass is 10.2. The number of benzene rings is 1. The van der Waals surface area contributed by atoms with Gasteiger partial charge in [-0.2, -0.15) is 5.10 Å². The van der Waals surface area contributed by atoms with Crippen molar-refractivity contribution >= 4 is 33.4 Å². The van der Waals surface area contributed by atoms with E-state index >= 15 is 0 Å². The first-order chi connectivity index (χ1) is 12.3. The van der Waals surface area contributed by atoms with Crippen molar-refractivity contribution in [3.05, 3.63) is 41.5 Å². The molecular weight excluding hydrogens is 334 g/mol. The number of carbonyl (C=O) groups excluding carboxylic acids is 1. The molecule has 1 saturated heterocycles. The zero-order valence-corrected chi connectivity index (χ0v) is 15.0. The van der Waals surface area contributed by atoms with Gasteiger partial charge in [-0.15, -0.1) is 11.3 Å². The molecule has 3 aromatic rings. The Labute approximate surface area is 150 Å². The van der Waals surface area contributed by atoms with E-state index in [0.29, 0.717) is 0 Å². The van der Waals surface area contributed by atoms with Crippen molar-refractivity contribution in [2.45, 2.75) is 38.8 Å². The van der Waals surface area contributed by atoms with Crippen LogP contribution in [0.1, 0.15) is 37.2 Å². The van der Waals surface area contributed by atoms with Gasteiger partial charge in [0.2, 0.25) is 0 Å².